The van der Waals surface area contributed by atoms with Gasteiger partial charge in [-0.1, -0.05) is 12.1 Å². The molecule has 0 radical (unpaired) electrons. The third-order valence-electron chi connectivity index (χ3n) is 6.25. The van der Waals surface area contributed by atoms with E-state index in [0.29, 0.717) is 11.3 Å². The molecular formula is C25H18F4N8O4S. The molecule has 17 heteroatoms. The zero-order valence-electron chi connectivity index (χ0n) is 21.6. The van der Waals surface area contributed by atoms with Crippen LogP contribution < -0.4 is 11.1 Å². The van der Waals surface area contributed by atoms with Gasteiger partial charge in [0.1, 0.15) is 39.3 Å². The minimum absolute atomic E-state index is 0.00357. The Hall–Kier alpha value is -5.19. The average Bonchev–Trinajstić information content (AvgIpc) is 3.59. The largest absolute Gasteiger partial charge is 0.433 e. The number of alkyl halides is 3. The Kier molecular flexibility index (Phi) is 6.97. The van der Waals surface area contributed by atoms with Crippen molar-refractivity contribution in [1.82, 2.24) is 24.5 Å². The van der Waals surface area contributed by atoms with Gasteiger partial charge in [-0.05, 0) is 49.2 Å². The first-order valence-electron chi connectivity index (χ1n) is 11.9. The van der Waals surface area contributed by atoms with Gasteiger partial charge in [-0.2, -0.15) is 23.4 Å². The number of aromatic nitrogens is 5. The van der Waals surface area contributed by atoms with Crippen molar-refractivity contribution in [1.29, 1.82) is 0 Å². The smallest absolute Gasteiger partial charge is 0.365 e. The molecule has 0 aliphatic rings. The molecule has 0 bridgehead atoms. The van der Waals surface area contributed by atoms with E-state index in [2.05, 4.69) is 20.5 Å². The Morgan fingerprint density at radius 2 is 1.83 bits per heavy atom. The SMILES string of the molecule is Cc1nn(Cn2ccc(C(=O)Nc3c(C(N)=O)sc4nc(C(F)(F)F)cc(-c5ccc(F)cc5)c34)n2)c(C)c1[N+](=O)[O-]. The summed E-state index contributed by atoms with van der Waals surface area (Å²) in [5, 5.41) is 22.1. The van der Waals surface area contributed by atoms with Crippen molar-refractivity contribution in [2.75, 3.05) is 5.32 Å². The number of benzene rings is 1. The lowest BCUT2D eigenvalue weighted by atomic mass is 10.0. The zero-order chi connectivity index (χ0) is 30.5. The van der Waals surface area contributed by atoms with Crippen molar-refractivity contribution in [2.45, 2.75) is 26.7 Å². The van der Waals surface area contributed by atoms with Crippen LogP contribution in [0.3, 0.4) is 0 Å². The van der Waals surface area contributed by atoms with Gasteiger partial charge in [0.15, 0.2) is 5.69 Å². The van der Waals surface area contributed by atoms with Gasteiger partial charge < -0.3 is 11.1 Å². The van der Waals surface area contributed by atoms with Crippen LogP contribution in [0.25, 0.3) is 21.3 Å². The van der Waals surface area contributed by atoms with Crippen LogP contribution >= 0.6 is 11.3 Å². The molecule has 0 fully saturated rings. The van der Waals surface area contributed by atoms with Crippen molar-refractivity contribution < 1.29 is 32.1 Å². The normalized spacial score (nSPS) is 11.7. The maximum Gasteiger partial charge on any atom is 0.433 e. The minimum Gasteiger partial charge on any atom is -0.365 e. The van der Waals surface area contributed by atoms with Crippen LogP contribution in [0.2, 0.25) is 0 Å². The summed E-state index contributed by atoms with van der Waals surface area (Å²) < 4.78 is 57.3. The van der Waals surface area contributed by atoms with Crippen LogP contribution in [-0.4, -0.2) is 41.3 Å². The standard InChI is InChI=1S/C25H18F4N8O4S/c1-11-20(37(40)41)12(2)36(33-11)10-35-8-7-16(34-35)23(39)32-19-18-15(13-3-5-14(26)6-4-13)9-17(25(27,28)29)31-24(18)42-21(19)22(30)38/h3-9H,10H2,1-2H3,(H2,30,38)(H,32,39). The molecule has 0 saturated heterocycles. The first kappa shape index (κ1) is 28.3. The van der Waals surface area contributed by atoms with Gasteiger partial charge in [-0.25, -0.2) is 14.1 Å². The molecule has 2 amide bonds. The molecule has 0 aliphatic carbocycles. The number of pyridine rings is 1. The lowest BCUT2D eigenvalue weighted by Gasteiger charge is -2.12. The Morgan fingerprint density at radius 1 is 1.14 bits per heavy atom. The fourth-order valence-corrected chi connectivity index (χ4v) is 5.37. The average molecular weight is 603 g/mol. The van der Waals surface area contributed by atoms with E-state index in [1.54, 1.807) is 0 Å². The van der Waals surface area contributed by atoms with Crippen molar-refractivity contribution in [2.24, 2.45) is 5.73 Å². The van der Waals surface area contributed by atoms with E-state index in [1.165, 1.54) is 47.6 Å². The second-order valence-electron chi connectivity index (χ2n) is 9.02. The van der Waals surface area contributed by atoms with Crippen molar-refractivity contribution in [3.63, 3.8) is 0 Å². The van der Waals surface area contributed by atoms with Gasteiger partial charge in [0, 0.05) is 11.6 Å². The fraction of sp³-hybridized carbons (Fsp3) is 0.160. The molecule has 4 aromatic heterocycles. The number of nitrogens with one attached hydrogen (secondary N) is 1. The molecule has 0 spiro atoms. The lowest BCUT2D eigenvalue weighted by Crippen LogP contribution is -2.18. The van der Waals surface area contributed by atoms with Crippen LogP contribution in [0.4, 0.5) is 28.9 Å². The van der Waals surface area contributed by atoms with Gasteiger partial charge >= 0.3 is 11.9 Å². The highest BCUT2D eigenvalue weighted by Gasteiger charge is 2.35. The number of anilines is 1. The summed E-state index contributed by atoms with van der Waals surface area (Å²) in [7, 11) is 0. The van der Waals surface area contributed by atoms with Crippen LogP contribution in [0.1, 0.15) is 37.2 Å². The topological polar surface area (TPSA) is 164 Å². The zero-order valence-corrected chi connectivity index (χ0v) is 22.4. The molecule has 12 nitrogen and oxygen atoms in total. The number of nitrogens with two attached hydrogens (primary N) is 1. The Labute approximate surface area is 236 Å². The number of rotatable bonds is 7. The summed E-state index contributed by atoms with van der Waals surface area (Å²) in [4.78, 5) is 39.4. The first-order chi connectivity index (χ1) is 19.7. The summed E-state index contributed by atoms with van der Waals surface area (Å²) in [5.41, 5.74) is 4.34. The summed E-state index contributed by atoms with van der Waals surface area (Å²) in [5.74, 6) is -2.48. The van der Waals surface area contributed by atoms with Crippen molar-refractivity contribution in [3.05, 3.63) is 86.2 Å². The van der Waals surface area contributed by atoms with Crippen LogP contribution in [0.5, 0.6) is 0 Å². The molecule has 0 atom stereocenters. The predicted molar refractivity (Wildman–Crippen MR) is 142 cm³/mol. The van der Waals surface area contributed by atoms with Gasteiger partial charge in [0.25, 0.3) is 11.8 Å². The van der Waals surface area contributed by atoms with Crippen molar-refractivity contribution in [3.8, 4) is 11.1 Å². The summed E-state index contributed by atoms with van der Waals surface area (Å²) in [6, 6.07) is 6.68. The molecule has 0 saturated carbocycles. The van der Waals surface area contributed by atoms with E-state index in [-0.39, 0.29) is 61.3 Å². The first-order valence-corrected chi connectivity index (χ1v) is 12.7. The number of nitro groups is 1. The van der Waals surface area contributed by atoms with E-state index in [4.69, 9.17) is 5.73 Å². The fourth-order valence-electron chi connectivity index (χ4n) is 4.36. The minimum atomic E-state index is -4.85. The van der Waals surface area contributed by atoms with Crippen molar-refractivity contribution >= 4 is 44.7 Å². The van der Waals surface area contributed by atoms with E-state index in [1.807, 2.05) is 0 Å². The van der Waals surface area contributed by atoms with Crippen LogP contribution in [-0.2, 0) is 12.8 Å². The van der Waals surface area contributed by atoms with Gasteiger partial charge in [-0.15, -0.1) is 11.3 Å². The van der Waals surface area contributed by atoms with E-state index < -0.39 is 34.4 Å². The summed E-state index contributed by atoms with van der Waals surface area (Å²) >= 11 is 0.559. The van der Waals surface area contributed by atoms with Gasteiger partial charge in [0.05, 0.1) is 10.6 Å². The number of thiophene rings is 1. The molecule has 42 heavy (non-hydrogen) atoms. The van der Waals surface area contributed by atoms with E-state index in [0.717, 1.165) is 18.2 Å². The second-order valence-corrected chi connectivity index (χ2v) is 10.0. The molecule has 3 N–H and O–H groups in total. The summed E-state index contributed by atoms with van der Waals surface area (Å²) in [6.07, 6.45) is -3.43. The molecular weight excluding hydrogens is 584 g/mol. The Balaban J connectivity index is 1.55. The molecule has 0 unspecified atom stereocenters. The third-order valence-corrected chi connectivity index (χ3v) is 7.35. The summed E-state index contributed by atoms with van der Waals surface area (Å²) in [6.45, 7) is 2.93. The molecule has 5 rings (SSSR count). The monoisotopic (exact) mass is 602 g/mol. The van der Waals surface area contributed by atoms with E-state index in [9.17, 15) is 37.3 Å². The molecule has 216 valence electrons. The van der Waals surface area contributed by atoms with Crippen LogP contribution in [0.15, 0.2) is 42.6 Å². The van der Waals surface area contributed by atoms with E-state index >= 15 is 0 Å². The third kappa shape index (κ3) is 5.16. The lowest BCUT2D eigenvalue weighted by molar-refractivity contribution is -0.386. The number of carbonyl (C=O) groups is 2. The maximum atomic E-state index is 13.7. The van der Waals surface area contributed by atoms with Gasteiger partial charge in [0.2, 0.25) is 0 Å². The number of aryl methyl sites for hydroxylation is 1. The maximum absolute atomic E-state index is 13.7. The molecule has 1 aromatic carbocycles. The number of hydrogen-bond acceptors (Lipinski definition) is 8. The molecule has 5 aromatic rings. The highest BCUT2D eigenvalue weighted by Crippen LogP contribution is 2.43. The second kappa shape index (κ2) is 10.3. The number of hydrogen-bond donors (Lipinski definition) is 2. The van der Waals surface area contributed by atoms with Gasteiger partial charge in [-0.3, -0.25) is 24.4 Å². The number of carbonyl (C=O) groups excluding carboxylic acids is 2. The Bertz CT molecular complexity index is 1890. The highest BCUT2D eigenvalue weighted by molar-refractivity contribution is 7.21. The highest BCUT2D eigenvalue weighted by atomic mass is 32.1. The van der Waals surface area contributed by atoms with Crippen LogP contribution in [0, 0.1) is 29.8 Å². The quantitative estimate of drug-likeness (QED) is 0.152. The molecule has 4 heterocycles. The number of fused-ring (bicyclic) bond motifs is 1. The molecule has 0 aliphatic heterocycles. The number of halogens is 4. The predicted octanol–water partition coefficient (Wildman–Crippen LogP) is 4.90. The number of nitrogens with zero attached hydrogens (tertiary/aromatic N) is 6. The Morgan fingerprint density at radius 3 is 2.43 bits per heavy atom. The number of primary amides is 1. The number of amides is 2.